The van der Waals surface area contributed by atoms with Crippen molar-refractivity contribution in [1.82, 2.24) is 0 Å². The number of unbranched alkanes of at least 4 members (excludes halogenated alkanes) is 22. The molecule has 0 bridgehead atoms. The Morgan fingerprint density at radius 3 is 1.30 bits per heavy atom. The Kier molecular flexibility index (Phi) is 39.5. The van der Waals surface area contributed by atoms with Crippen molar-refractivity contribution in [2.45, 2.75) is 213 Å². The van der Waals surface area contributed by atoms with E-state index in [4.69, 9.17) is 9.47 Å². The van der Waals surface area contributed by atoms with Gasteiger partial charge in [-0.1, -0.05) is 191 Å². The summed E-state index contributed by atoms with van der Waals surface area (Å²) in [6.45, 7) is 4.00. The number of esters is 2. The van der Waals surface area contributed by atoms with Gasteiger partial charge < -0.3 is 14.6 Å². The quantitative estimate of drug-likeness (QED) is 0.0394. The van der Waals surface area contributed by atoms with Crippen molar-refractivity contribution in [2.24, 2.45) is 0 Å². The summed E-state index contributed by atoms with van der Waals surface area (Å²) in [6.07, 6.45) is 51.9. The van der Waals surface area contributed by atoms with Gasteiger partial charge in [-0.25, -0.2) is 0 Å². The minimum absolute atomic E-state index is 0.0811. The zero-order valence-corrected chi connectivity index (χ0v) is 32.9. The van der Waals surface area contributed by atoms with Gasteiger partial charge in [0, 0.05) is 12.8 Å². The van der Waals surface area contributed by atoms with Crippen molar-refractivity contribution in [3.63, 3.8) is 0 Å². The first-order valence-corrected chi connectivity index (χ1v) is 21.2. The lowest BCUT2D eigenvalue weighted by Crippen LogP contribution is -2.28. The Hall–Kier alpha value is -2.14. The van der Waals surface area contributed by atoms with E-state index in [-0.39, 0.29) is 25.2 Å². The van der Waals surface area contributed by atoms with Gasteiger partial charge >= 0.3 is 11.9 Å². The Bertz CT molecular complexity index is 842. The van der Waals surface area contributed by atoms with E-state index in [2.05, 4.69) is 62.5 Å². The van der Waals surface area contributed by atoms with Crippen LogP contribution in [-0.4, -0.2) is 36.4 Å². The number of hydrogen-bond acceptors (Lipinski definition) is 5. The largest absolute Gasteiger partial charge is 0.462 e. The molecular weight excluding hydrogens is 620 g/mol. The topological polar surface area (TPSA) is 72.8 Å². The van der Waals surface area contributed by atoms with E-state index in [1.54, 1.807) is 0 Å². The molecule has 0 aromatic heterocycles. The van der Waals surface area contributed by atoms with Crippen LogP contribution in [0.4, 0.5) is 0 Å². The standard InChI is InChI=1S/C45H80O5/c1-3-5-7-9-11-13-15-17-19-20-21-22-23-24-26-27-29-31-33-35-37-39-44(47)49-42-43(41-46)50-45(48)40-38-36-34-32-30-28-25-18-16-14-12-10-8-6-4-2/h6,8,12,14,18,25,30,32,43,46H,3-5,7,9-11,13,15-17,19-24,26-29,31,33-42H2,1-2H3. The predicted octanol–water partition coefficient (Wildman–Crippen LogP) is 13.4. The van der Waals surface area contributed by atoms with Crippen LogP contribution in [0.5, 0.6) is 0 Å². The van der Waals surface area contributed by atoms with Gasteiger partial charge in [-0.05, 0) is 51.4 Å². The zero-order chi connectivity index (χ0) is 36.4. The predicted molar refractivity (Wildman–Crippen MR) is 214 cm³/mol. The Labute approximate surface area is 309 Å². The van der Waals surface area contributed by atoms with Gasteiger partial charge in [0.2, 0.25) is 0 Å². The number of carbonyl (C=O) groups is 2. The van der Waals surface area contributed by atoms with Crippen LogP contribution in [0.1, 0.15) is 206 Å². The number of allylic oxidation sites excluding steroid dienone is 8. The van der Waals surface area contributed by atoms with Crippen LogP contribution in [0, 0.1) is 0 Å². The molecule has 0 saturated heterocycles. The van der Waals surface area contributed by atoms with Gasteiger partial charge in [-0.3, -0.25) is 9.59 Å². The smallest absolute Gasteiger partial charge is 0.306 e. The minimum atomic E-state index is -0.791. The Morgan fingerprint density at radius 2 is 0.860 bits per heavy atom. The highest BCUT2D eigenvalue weighted by Crippen LogP contribution is 2.15. The summed E-state index contributed by atoms with van der Waals surface area (Å²) in [7, 11) is 0. The molecular formula is C45H80O5. The third-order valence-electron chi connectivity index (χ3n) is 9.14. The van der Waals surface area contributed by atoms with Crippen LogP contribution in [0.25, 0.3) is 0 Å². The summed E-state index contributed by atoms with van der Waals surface area (Å²) in [5.41, 5.74) is 0. The highest BCUT2D eigenvalue weighted by molar-refractivity contribution is 5.70. The molecule has 1 unspecified atom stereocenters. The van der Waals surface area contributed by atoms with E-state index in [1.165, 1.54) is 116 Å². The van der Waals surface area contributed by atoms with Crippen molar-refractivity contribution in [3.8, 4) is 0 Å². The highest BCUT2D eigenvalue weighted by Gasteiger charge is 2.16. The molecule has 0 aliphatic rings. The SMILES string of the molecule is CCC=CCC=CCC=CCC=CCCCCC(=O)OC(CO)COC(=O)CCCCCCCCCCCCCCCCCCCCCCC. The zero-order valence-electron chi connectivity index (χ0n) is 32.9. The molecule has 0 amide bonds. The van der Waals surface area contributed by atoms with Gasteiger partial charge in [-0.15, -0.1) is 0 Å². The van der Waals surface area contributed by atoms with Crippen molar-refractivity contribution in [3.05, 3.63) is 48.6 Å². The second kappa shape index (κ2) is 41.3. The average molecular weight is 701 g/mol. The van der Waals surface area contributed by atoms with E-state index in [0.29, 0.717) is 12.8 Å². The van der Waals surface area contributed by atoms with E-state index < -0.39 is 6.10 Å². The molecule has 0 aliphatic carbocycles. The second-order valence-corrected chi connectivity index (χ2v) is 14.0. The number of carbonyl (C=O) groups excluding carboxylic acids is 2. The molecule has 0 saturated carbocycles. The van der Waals surface area contributed by atoms with E-state index in [9.17, 15) is 14.7 Å². The first-order chi connectivity index (χ1) is 24.6. The molecule has 50 heavy (non-hydrogen) atoms. The van der Waals surface area contributed by atoms with Crippen LogP contribution in [0.3, 0.4) is 0 Å². The van der Waals surface area contributed by atoms with Crippen LogP contribution in [-0.2, 0) is 19.1 Å². The number of aliphatic hydroxyl groups is 1. The van der Waals surface area contributed by atoms with Gasteiger partial charge in [-0.2, -0.15) is 0 Å². The van der Waals surface area contributed by atoms with Crippen LogP contribution in [0.15, 0.2) is 48.6 Å². The number of ether oxygens (including phenoxy) is 2. The molecule has 5 heteroatoms. The molecule has 0 aromatic rings. The molecule has 290 valence electrons. The summed E-state index contributed by atoms with van der Waals surface area (Å²) >= 11 is 0. The first-order valence-electron chi connectivity index (χ1n) is 21.2. The Balaban J connectivity index is 3.55. The molecule has 0 spiro atoms. The van der Waals surface area contributed by atoms with Crippen molar-refractivity contribution in [2.75, 3.05) is 13.2 Å². The molecule has 0 heterocycles. The maximum absolute atomic E-state index is 12.2. The summed E-state index contributed by atoms with van der Waals surface area (Å²) in [5.74, 6) is -0.634. The molecule has 0 radical (unpaired) electrons. The molecule has 0 rings (SSSR count). The van der Waals surface area contributed by atoms with Crippen LogP contribution >= 0.6 is 0 Å². The number of aliphatic hydroxyl groups excluding tert-OH is 1. The van der Waals surface area contributed by atoms with E-state index >= 15 is 0 Å². The van der Waals surface area contributed by atoms with Gasteiger partial charge in [0.25, 0.3) is 0 Å². The second-order valence-electron chi connectivity index (χ2n) is 14.0. The molecule has 1 atom stereocenters. The first kappa shape index (κ1) is 47.9. The van der Waals surface area contributed by atoms with Gasteiger partial charge in [0.15, 0.2) is 6.10 Å². The van der Waals surface area contributed by atoms with Crippen LogP contribution in [0.2, 0.25) is 0 Å². The van der Waals surface area contributed by atoms with Gasteiger partial charge in [0.05, 0.1) is 6.61 Å². The normalized spacial score (nSPS) is 12.6. The summed E-state index contributed by atoms with van der Waals surface area (Å²) in [4.78, 5) is 24.3. The monoisotopic (exact) mass is 701 g/mol. The maximum Gasteiger partial charge on any atom is 0.306 e. The summed E-state index contributed by atoms with van der Waals surface area (Å²) in [6, 6.07) is 0. The van der Waals surface area contributed by atoms with Crippen LogP contribution < -0.4 is 0 Å². The molecule has 0 aromatic carbocycles. The van der Waals surface area contributed by atoms with Crippen molar-refractivity contribution < 1.29 is 24.2 Å². The lowest BCUT2D eigenvalue weighted by atomic mass is 10.0. The fourth-order valence-corrected chi connectivity index (χ4v) is 5.96. The third kappa shape index (κ3) is 38.7. The maximum atomic E-state index is 12.2. The number of rotatable bonds is 38. The van der Waals surface area contributed by atoms with Crippen molar-refractivity contribution in [1.29, 1.82) is 0 Å². The summed E-state index contributed by atoms with van der Waals surface area (Å²) < 4.78 is 10.6. The third-order valence-corrected chi connectivity index (χ3v) is 9.14. The van der Waals surface area contributed by atoms with E-state index in [0.717, 1.165) is 64.2 Å². The lowest BCUT2D eigenvalue weighted by Gasteiger charge is -2.15. The fraction of sp³-hybridized carbons (Fsp3) is 0.778. The number of hydrogen-bond donors (Lipinski definition) is 1. The molecule has 1 N–H and O–H groups in total. The van der Waals surface area contributed by atoms with Gasteiger partial charge in [0.1, 0.15) is 6.61 Å². The fourth-order valence-electron chi connectivity index (χ4n) is 5.96. The minimum Gasteiger partial charge on any atom is -0.462 e. The molecule has 0 aliphatic heterocycles. The van der Waals surface area contributed by atoms with E-state index in [1.807, 2.05) is 0 Å². The highest BCUT2D eigenvalue weighted by atomic mass is 16.6. The lowest BCUT2D eigenvalue weighted by molar-refractivity contribution is -0.161. The van der Waals surface area contributed by atoms with Crippen molar-refractivity contribution >= 4 is 11.9 Å². The summed E-state index contributed by atoms with van der Waals surface area (Å²) in [5, 5.41) is 9.56. The average Bonchev–Trinajstić information content (AvgIpc) is 3.12. The Morgan fingerprint density at radius 1 is 0.480 bits per heavy atom. The molecule has 5 nitrogen and oxygen atoms in total. The molecule has 0 fully saturated rings.